The van der Waals surface area contributed by atoms with Gasteiger partial charge in [-0.2, -0.15) is 0 Å². The van der Waals surface area contributed by atoms with Crippen molar-refractivity contribution in [2.75, 3.05) is 17.2 Å². The standard InChI is InChI=1S/C20H23N3O2/c1-3-19(24)23-11-10-15-6-9-18(12-16(15)13-23)22-20(25)21-17-7-4-14(2)5-8-17/h4-9,12H,3,10-11,13H2,1-2H3,(H2,21,22,25). The minimum Gasteiger partial charge on any atom is -0.338 e. The molecule has 3 amide bonds. The zero-order valence-corrected chi connectivity index (χ0v) is 14.6. The summed E-state index contributed by atoms with van der Waals surface area (Å²) in [4.78, 5) is 26.0. The Bertz CT molecular complexity index is 784. The zero-order valence-electron chi connectivity index (χ0n) is 14.6. The van der Waals surface area contributed by atoms with Gasteiger partial charge in [-0.25, -0.2) is 4.79 Å². The summed E-state index contributed by atoms with van der Waals surface area (Å²) in [5.41, 5.74) is 4.97. The Morgan fingerprint density at radius 2 is 1.68 bits per heavy atom. The monoisotopic (exact) mass is 337 g/mol. The molecular weight excluding hydrogens is 314 g/mol. The first-order valence-electron chi connectivity index (χ1n) is 8.59. The van der Waals surface area contributed by atoms with Crippen molar-refractivity contribution in [3.05, 3.63) is 59.2 Å². The van der Waals surface area contributed by atoms with E-state index in [0.717, 1.165) is 35.5 Å². The first kappa shape index (κ1) is 17.0. The SMILES string of the molecule is CCC(=O)N1CCc2ccc(NC(=O)Nc3ccc(C)cc3)cc2C1. The summed E-state index contributed by atoms with van der Waals surface area (Å²) in [5, 5.41) is 5.68. The topological polar surface area (TPSA) is 61.4 Å². The van der Waals surface area contributed by atoms with Crippen LogP contribution < -0.4 is 10.6 Å². The van der Waals surface area contributed by atoms with E-state index in [-0.39, 0.29) is 11.9 Å². The Morgan fingerprint density at radius 1 is 1.00 bits per heavy atom. The minimum atomic E-state index is -0.277. The molecule has 1 aliphatic heterocycles. The molecule has 2 N–H and O–H groups in total. The summed E-state index contributed by atoms with van der Waals surface area (Å²) in [6.45, 7) is 5.26. The van der Waals surface area contributed by atoms with Gasteiger partial charge in [-0.1, -0.05) is 30.7 Å². The molecule has 2 aromatic carbocycles. The van der Waals surface area contributed by atoms with Crippen molar-refractivity contribution >= 4 is 23.3 Å². The maximum atomic E-state index is 12.2. The van der Waals surface area contributed by atoms with Crippen LogP contribution in [0.15, 0.2) is 42.5 Å². The van der Waals surface area contributed by atoms with Gasteiger partial charge in [0.05, 0.1) is 0 Å². The van der Waals surface area contributed by atoms with Gasteiger partial charge < -0.3 is 15.5 Å². The molecule has 2 aromatic rings. The van der Waals surface area contributed by atoms with Gasteiger partial charge in [0.25, 0.3) is 0 Å². The predicted octanol–water partition coefficient (Wildman–Crippen LogP) is 3.93. The molecule has 3 rings (SSSR count). The highest BCUT2D eigenvalue weighted by molar-refractivity contribution is 5.99. The second-order valence-electron chi connectivity index (χ2n) is 6.35. The number of carbonyl (C=O) groups excluding carboxylic acids is 2. The quantitative estimate of drug-likeness (QED) is 0.891. The summed E-state index contributed by atoms with van der Waals surface area (Å²) in [7, 11) is 0. The van der Waals surface area contributed by atoms with E-state index in [1.165, 1.54) is 5.56 Å². The largest absolute Gasteiger partial charge is 0.338 e. The van der Waals surface area contributed by atoms with E-state index in [9.17, 15) is 9.59 Å². The Kier molecular flexibility index (Phi) is 5.03. The molecule has 1 heterocycles. The molecule has 1 aliphatic rings. The second-order valence-corrected chi connectivity index (χ2v) is 6.35. The average molecular weight is 337 g/mol. The molecule has 0 atom stereocenters. The van der Waals surface area contributed by atoms with Crippen LogP contribution in [0.1, 0.15) is 30.0 Å². The van der Waals surface area contributed by atoms with E-state index in [1.807, 2.05) is 61.2 Å². The summed E-state index contributed by atoms with van der Waals surface area (Å²) in [5.74, 6) is 0.168. The van der Waals surface area contributed by atoms with E-state index < -0.39 is 0 Å². The van der Waals surface area contributed by atoms with Crippen molar-refractivity contribution in [1.29, 1.82) is 0 Å². The van der Waals surface area contributed by atoms with Crippen LogP contribution in [-0.4, -0.2) is 23.4 Å². The number of fused-ring (bicyclic) bond motifs is 1. The molecule has 0 aromatic heterocycles. The summed E-state index contributed by atoms with van der Waals surface area (Å²) in [6.07, 6.45) is 1.38. The number of anilines is 2. The Hall–Kier alpha value is -2.82. The molecule has 0 fully saturated rings. The fraction of sp³-hybridized carbons (Fsp3) is 0.300. The summed E-state index contributed by atoms with van der Waals surface area (Å²) in [6, 6.07) is 13.3. The molecule has 130 valence electrons. The minimum absolute atomic E-state index is 0.168. The lowest BCUT2D eigenvalue weighted by Crippen LogP contribution is -2.35. The van der Waals surface area contributed by atoms with Gasteiger partial charge in [0.15, 0.2) is 0 Å². The van der Waals surface area contributed by atoms with Crippen molar-refractivity contribution in [2.24, 2.45) is 0 Å². The van der Waals surface area contributed by atoms with E-state index >= 15 is 0 Å². The highest BCUT2D eigenvalue weighted by Gasteiger charge is 2.19. The van der Waals surface area contributed by atoms with E-state index in [1.54, 1.807) is 0 Å². The summed E-state index contributed by atoms with van der Waals surface area (Å²) >= 11 is 0. The molecular formula is C20H23N3O2. The van der Waals surface area contributed by atoms with Gasteiger partial charge >= 0.3 is 6.03 Å². The van der Waals surface area contributed by atoms with Crippen LogP contribution in [0.25, 0.3) is 0 Å². The van der Waals surface area contributed by atoms with Crippen LogP contribution in [0.2, 0.25) is 0 Å². The smallest absolute Gasteiger partial charge is 0.323 e. The maximum Gasteiger partial charge on any atom is 0.323 e. The molecule has 5 nitrogen and oxygen atoms in total. The van der Waals surface area contributed by atoms with Gasteiger partial charge in [-0.3, -0.25) is 4.79 Å². The number of rotatable bonds is 3. The number of amides is 3. The highest BCUT2D eigenvalue weighted by Crippen LogP contribution is 2.23. The Balaban J connectivity index is 1.66. The van der Waals surface area contributed by atoms with Gasteiger partial charge in [0, 0.05) is 30.9 Å². The molecule has 0 spiro atoms. The van der Waals surface area contributed by atoms with Gasteiger partial charge in [-0.05, 0) is 48.7 Å². The molecule has 0 aliphatic carbocycles. The number of aryl methyl sites for hydroxylation is 1. The highest BCUT2D eigenvalue weighted by atomic mass is 16.2. The van der Waals surface area contributed by atoms with Gasteiger partial charge in [0.1, 0.15) is 0 Å². The Morgan fingerprint density at radius 3 is 2.40 bits per heavy atom. The zero-order chi connectivity index (χ0) is 17.8. The van der Waals surface area contributed by atoms with Crippen LogP contribution in [0.4, 0.5) is 16.2 Å². The number of carbonyl (C=O) groups is 2. The third-order valence-electron chi connectivity index (χ3n) is 4.44. The van der Waals surface area contributed by atoms with Crippen molar-refractivity contribution in [1.82, 2.24) is 4.90 Å². The number of benzene rings is 2. The molecule has 5 heteroatoms. The van der Waals surface area contributed by atoms with Gasteiger partial charge in [0.2, 0.25) is 5.91 Å². The number of nitrogens with zero attached hydrogens (tertiary/aromatic N) is 1. The van der Waals surface area contributed by atoms with E-state index in [4.69, 9.17) is 0 Å². The number of hydrogen-bond acceptors (Lipinski definition) is 2. The van der Waals surface area contributed by atoms with Crippen molar-refractivity contribution < 1.29 is 9.59 Å². The van der Waals surface area contributed by atoms with Crippen molar-refractivity contribution in [3.8, 4) is 0 Å². The molecule has 0 bridgehead atoms. The first-order chi connectivity index (χ1) is 12.0. The van der Waals surface area contributed by atoms with Crippen LogP contribution >= 0.6 is 0 Å². The predicted molar refractivity (Wildman–Crippen MR) is 99.7 cm³/mol. The lowest BCUT2D eigenvalue weighted by molar-refractivity contribution is -0.131. The molecule has 0 radical (unpaired) electrons. The van der Waals surface area contributed by atoms with E-state index in [0.29, 0.717) is 13.0 Å². The van der Waals surface area contributed by atoms with Crippen LogP contribution in [-0.2, 0) is 17.8 Å². The molecule has 0 saturated heterocycles. The van der Waals surface area contributed by atoms with E-state index in [2.05, 4.69) is 10.6 Å². The summed E-state index contributed by atoms with van der Waals surface area (Å²) < 4.78 is 0. The van der Waals surface area contributed by atoms with Crippen molar-refractivity contribution in [3.63, 3.8) is 0 Å². The molecule has 0 saturated carbocycles. The second kappa shape index (κ2) is 7.38. The van der Waals surface area contributed by atoms with Crippen LogP contribution in [0, 0.1) is 6.92 Å². The van der Waals surface area contributed by atoms with Crippen LogP contribution in [0.3, 0.4) is 0 Å². The number of hydrogen-bond donors (Lipinski definition) is 2. The fourth-order valence-electron chi connectivity index (χ4n) is 3.00. The maximum absolute atomic E-state index is 12.2. The van der Waals surface area contributed by atoms with Gasteiger partial charge in [-0.15, -0.1) is 0 Å². The lowest BCUT2D eigenvalue weighted by atomic mass is 9.99. The average Bonchev–Trinajstić information content (AvgIpc) is 2.62. The lowest BCUT2D eigenvalue weighted by Gasteiger charge is -2.29. The fourth-order valence-corrected chi connectivity index (χ4v) is 3.00. The normalized spacial score (nSPS) is 13.1. The molecule has 0 unspecified atom stereocenters. The molecule has 25 heavy (non-hydrogen) atoms. The van der Waals surface area contributed by atoms with Crippen LogP contribution in [0.5, 0.6) is 0 Å². The third kappa shape index (κ3) is 4.18. The van der Waals surface area contributed by atoms with Crippen molar-refractivity contribution in [2.45, 2.75) is 33.2 Å². The number of urea groups is 1. The Labute approximate surface area is 148 Å². The first-order valence-corrected chi connectivity index (χ1v) is 8.59. The third-order valence-corrected chi connectivity index (χ3v) is 4.44. The number of nitrogens with one attached hydrogen (secondary N) is 2.